The zero-order chi connectivity index (χ0) is 15.0. The Bertz CT molecular complexity index is 404. The van der Waals surface area contributed by atoms with Crippen molar-refractivity contribution >= 4 is 11.9 Å². The third-order valence-corrected chi connectivity index (χ3v) is 4.65. The lowest BCUT2D eigenvalue weighted by molar-refractivity contribution is -0.162. The van der Waals surface area contributed by atoms with Crippen LogP contribution in [0, 0.1) is 5.92 Å². The summed E-state index contributed by atoms with van der Waals surface area (Å²) < 4.78 is 6.04. The summed E-state index contributed by atoms with van der Waals surface area (Å²) in [5.74, 6) is -0.0667. The Kier molecular flexibility index (Phi) is 4.07. The van der Waals surface area contributed by atoms with Gasteiger partial charge in [-0.25, -0.2) is 4.79 Å². The van der Waals surface area contributed by atoms with Gasteiger partial charge >= 0.3 is 6.09 Å². The van der Waals surface area contributed by atoms with Gasteiger partial charge in [-0.2, -0.15) is 0 Å². The minimum atomic E-state index is -1.19. The molecule has 2 fully saturated rings. The number of carboxylic acid groups (broad SMARTS) is 1. The fraction of sp³-hybridized carbons (Fsp3) is 0.857. The number of nitrogens with zero attached hydrogens (tertiary/aromatic N) is 1. The van der Waals surface area contributed by atoms with E-state index in [1.54, 1.807) is 0 Å². The molecule has 0 aromatic carbocycles. The smallest absolute Gasteiger partial charge is 0.407 e. The molecule has 2 rings (SSSR count). The number of rotatable bonds is 3. The summed E-state index contributed by atoms with van der Waals surface area (Å²) in [5.41, 5.74) is 4.61. The zero-order valence-electron chi connectivity index (χ0n) is 12.2. The van der Waals surface area contributed by atoms with E-state index in [0.717, 1.165) is 12.8 Å². The highest BCUT2D eigenvalue weighted by Crippen LogP contribution is 2.46. The maximum Gasteiger partial charge on any atom is 0.407 e. The van der Waals surface area contributed by atoms with Crippen LogP contribution in [0.1, 0.15) is 46.0 Å². The summed E-state index contributed by atoms with van der Waals surface area (Å²) >= 11 is 0. The summed E-state index contributed by atoms with van der Waals surface area (Å²) in [5, 5.41) is 8.99. The first-order valence-corrected chi connectivity index (χ1v) is 7.33. The topological polar surface area (TPSA) is 92.9 Å². The maximum atomic E-state index is 12.2. The highest BCUT2D eigenvalue weighted by molar-refractivity contribution is 5.87. The number of likely N-dealkylation sites (tertiary alicyclic amines) is 1. The lowest BCUT2D eigenvalue weighted by Crippen LogP contribution is -2.54. The zero-order valence-corrected chi connectivity index (χ0v) is 12.2. The van der Waals surface area contributed by atoms with Crippen LogP contribution in [-0.2, 0) is 9.53 Å². The first kappa shape index (κ1) is 15.3. The van der Waals surface area contributed by atoms with Gasteiger partial charge in [0.2, 0.25) is 0 Å². The molecular weight excluding hydrogens is 260 g/mol. The summed E-state index contributed by atoms with van der Waals surface area (Å²) in [6.45, 7) is 4.79. The molecule has 2 heterocycles. The maximum absolute atomic E-state index is 12.2. The van der Waals surface area contributed by atoms with E-state index < -0.39 is 17.4 Å². The van der Waals surface area contributed by atoms with Gasteiger partial charge < -0.3 is 14.7 Å². The number of ketones is 1. The molecule has 6 heteroatoms. The number of amides is 1. The van der Waals surface area contributed by atoms with E-state index in [1.807, 2.05) is 13.8 Å². The van der Waals surface area contributed by atoms with E-state index in [4.69, 9.17) is 15.6 Å². The molecule has 2 aliphatic rings. The second-order valence-electron chi connectivity index (χ2n) is 6.13. The van der Waals surface area contributed by atoms with Crippen molar-refractivity contribution in [1.29, 1.82) is 0 Å². The van der Waals surface area contributed by atoms with E-state index >= 15 is 0 Å². The molecule has 0 aromatic heterocycles. The Hall–Kier alpha value is -1.14. The van der Waals surface area contributed by atoms with Gasteiger partial charge in [-0.3, -0.25) is 10.5 Å². The number of ether oxygens (including phenoxy) is 1. The molecule has 0 aliphatic carbocycles. The number of carbonyl (C=O) groups is 2. The Morgan fingerprint density at radius 2 is 2.00 bits per heavy atom. The van der Waals surface area contributed by atoms with Crippen molar-refractivity contribution in [3.05, 3.63) is 0 Å². The van der Waals surface area contributed by atoms with Crippen LogP contribution in [0.5, 0.6) is 0 Å². The van der Waals surface area contributed by atoms with Gasteiger partial charge in [0.15, 0.2) is 11.5 Å². The Morgan fingerprint density at radius 1 is 1.40 bits per heavy atom. The molecule has 3 N–H and O–H groups in total. The van der Waals surface area contributed by atoms with Crippen LogP contribution in [0.3, 0.4) is 0 Å². The molecule has 6 nitrogen and oxygen atoms in total. The standard InChI is InChI=1S/C14H24N2O4/c1-3-4-11(17)14(15)10(2)9-13(20-14)5-7-16(8-6-13)12(18)19/h10H,3-9,15H2,1-2H3,(H,18,19). The molecule has 0 radical (unpaired) electrons. The van der Waals surface area contributed by atoms with Crippen molar-refractivity contribution in [2.45, 2.75) is 57.3 Å². The Labute approximate surface area is 119 Å². The van der Waals surface area contributed by atoms with E-state index in [1.165, 1.54) is 4.90 Å². The van der Waals surface area contributed by atoms with Crippen LogP contribution in [0.2, 0.25) is 0 Å². The fourth-order valence-corrected chi connectivity index (χ4v) is 3.38. The molecule has 20 heavy (non-hydrogen) atoms. The highest BCUT2D eigenvalue weighted by atomic mass is 16.5. The molecule has 1 spiro atoms. The van der Waals surface area contributed by atoms with Crippen LogP contribution in [0.4, 0.5) is 4.79 Å². The number of hydrogen-bond acceptors (Lipinski definition) is 4. The monoisotopic (exact) mass is 284 g/mol. The van der Waals surface area contributed by atoms with Crippen LogP contribution in [0.25, 0.3) is 0 Å². The largest absolute Gasteiger partial charge is 0.465 e. The normalized spacial score (nSPS) is 32.5. The van der Waals surface area contributed by atoms with E-state index in [-0.39, 0.29) is 11.7 Å². The summed E-state index contributed by atoms with van der Waals surface area (Å²) in [6.07, 6.45) is 2.24. The molecule has 0 bridgehead atoms. The number of carbonyl (C=O) groups excluding carboxylic acids is 1. The second kappa shape index (κ2) is 5.33. The minimum absolute atomic E-state index is 0.0297. The van der Waals surface area contributed by atoms with Crippen molar-refractivity contribution in [3.63, 3.8) is 0 Å². The van der Waals surface area contributed by atoms with Gasteiger partial charge in [-0.1, -0.05) is 13.8 Å². The van der Waals surface area contributed by atoms with Crippen molar-refractivity contribution in [2.24, 2.45) is 11.7 Å². The van der Waals surface area contributed by atoms with Gasteiger partial charge in [0.25, 0.3) is 0 Å². The van der Waals surface area contributed by atoms with Gasteiger partial charge in [0.1, 0.15) is 0 Å². The quantitative estimate of drug-likeness (QED) is 0.820. The third kappa shape index (κ3) is 2.54. The lowest BCUT2D eigenvalue weighted by atomic mass is 9.83. The van der Waals surface area contributed by atoms with Crippen molar-refractivity contribution in [1.82, 2.24) is 4.90 Å². The number of Topliss-reactive ketones (excluding diaryl/α,β-unsaturated/α-hetero) is 1. The number of hydrogen-bond donors (Lipinski definition) is 2. The predicted molar refractivity (Wildman–Crippen MR) is 73.3 cm³/mol. The molecule has 114 valence electrons. The predicted octanol–water partition coefficient (Wildman–Crippen LogP) is 1.58. The first-order chi connectivity index (χ1) is 9.33. The van der Waals surface area contributed by atoms with Crippen LogP contribution < -0.4 is 5.73 Å². The summed E-state index contributed by atoms with van der Waals surface area (Å²) in [6, 6.07) is 0. The van der Waals surface area contributed by atoms with Crippen LogP contribution >= 0.6 is 0 Å². The van der Waals surface area contributed by atoms with Gasteiger partial charge in [-0.05, 0) is 25.7 Å². The molecule has 2 aliphatic heterocycles. The lowest BCUT2D eigenvalue weighted by Gasteiger charge is -2.39. The highest BCUT2D eigenvalue weighted by Gasteiger charge is 2.56. The van der Waals surface area contributed by atoms with Gasteiger partial charge in [0.05, 0.1) is 5.60 Å². The number of piperidine rings is 1. The minimum Gasteiger partial charge on any atom is -0.465 e. The van der Waals surface area contributed by atoms with Gasteiger partial charge in [-0.15, -0.1) is 0 Å². The Balaban J connectivity index is 2.07. The first-order valence-electron chi connectivity index (χ1n) is 7.33. The van der Waals surface area contributed by atoms with Crippen LogP contribution in [-0.4, -0.2) is 46.3 Å². The molecule has 0 aromatic rings. The SMILES string of the molecule is CCCC(=O)C1(N)OC2(CCN(C(=O)O)CC2)CC1C. The average molecular weight is 284 g/mol. The second-order valence-corrected chi connectivity index (χ2v) is 6.13. The van der Waals surface area contributed by atoms with E-state index in [0.29, 0.717) is 32.4 Å². The Morgan fingerprint density at radius 3 is 2.50 bits per heavy atom. The third-order valence-electron chi connectivity index (χ3n) is 4.65. The fourth-order valence-electron chi connectivity index (χ4n) is 3.38. The molecule has 2 unspecified atom stereocenters. The van der Waals surface area contributed by atoms with Crippen molar-refractivity contribution < 1.29 is 19.4 Å². The summed E-state index contributed by atoms with van der Waals surface area (Å²) in [7, 11) is 0. The molecule has 2 saturated heterocycles. The average Bonchev–Trinajstić information content (AvgIpc) is 2.63. The van der Waals surface area contributed by atoms with E-state index in [9.17, 15) is 9.59 Å². The molecular formula is C14H24N2O4. The number of nitrogens with two attached hydrogens (primary N) is 1. The van der Waals surface area contributed by atoms with Crippen molar-refractivity contribution in [3.8, 4) is 0 Å². The molecule has 2 atom stereocenters. The molecule has 0 saturated carbocycles. The van der Waals surface area contributed by atoms with Gasteiger partial charge in [0, 0.05) is 25.4 Å². The van der Waals surface area contributed by atoms with E-state index in [2.05, 4.69) is 0 Å². The molecule has 1 amide bonds. The van der Waals surface area contributed by atoms with Crippen LogP contribution in [0.15, 0.2) is 0 Å². The van der Waals surface area contributed by atoms with Crippen molar-refractivity contribution in [2.75, 3.05) is 13.1 Å². The summed E-state index contributed by atoms with van der Waals surface area (Å²) in [4.78, 5) is 24.6.